The topological polar surface area (TPSA) is 89.5 Å². The molecule has 30 heavy (non-hydrogen) atoms. The molecule has 8 nitrogen and oxygen atoms in total. The van der Waals surface area contributed by atoms with Crippen LogP contribution < -0.4 is 19.7 Å². The Labute approximate surface area is 175 Å². The summed E-state index contributed by atoms with van der Waals surface area (Å²) in [5, 5.41) is 3.06. The number of carbonyl (C=O) groups excluding carboxylic acids is 1. The summed E-state index contributed by atoms with van der Waals surface area (Å²) in [6.45, 7) is 2.00. The Morgan fingerprint density at radius 1 is 1.13 bits per heavy atom. The number of aromatic nitrogens is 3. The van der Waals surface area contributed by atoms with Gasteiger partial charge in [0.2, 0.25) is 5.91 Å². The number of amides is 1. The van der Waals surface area contributed by atoms with Crippen molar-refractivity contribution >= 4 is 22.8 Å². The summed E-state index contributed by atoms with van der Waals surface area (Å²) >= 11 is 0. The molecule has 0 aliphatic carbocycles. The molecule has 1 fully saturated rings. The van der Waals surface area contributed by atoms with E-state index in [9.17, 15) is 4.79 Å². The van der Waals surface area contributed by atoms with Gasteiger partial charge in [-0.05, 0) is 36.6 Å². The second-order valence-electron chi connectivity index (χ2n) is 7.28. The normalized spacial score (nSPS) is 16.3. The van der Waals surface area contributed by atoms with E-state index in [2.05, 4.69) is 25.2 Å². The molecule has 0 unspecified atom stereocenters. The summed E-state index contributed by atoms with van der Waals surface area (Å²) in [6.07, 6.45) is 6.92. The van der Waals surface area contributed by atoms with Crippen LogP contribution in [-0.2, 0) is 11.3 Å². The fourth-order valence-electron chi connectivity index (χ4n) is 3.77. The van der Waals surface area contributed by atoms with Crippen LogP contribution in [0.1, 0.15) is 18.4 Å². The van der Waals surface area contributed by atoms with E-state index in [0.717, 1.165) is 36.2 Å². The molecule has 156 valence electrons. The number of methoxy groups -OCH3 is 2. The van der Waals surface area contributed by atoms with Crippen LogP contribution in [0.5, 0.6) is 11.5 Å². The Kier molecular flexibility index (Phi) is 5.92. The molecule has 4 rings (SSSR count). The van der Waals surface area contributed by atoms with Crippen molar-refractivity contribution in [1.82, 2.24) is 20.3 Å². The zero-order chi connectivity index (χ0) is 20.9. The van der Waals surface area contributed by atoms with Crippen molar-refractivity contribution in [3.63, 3.8) is 0 Å². The van der Waals surface area contributed by atoms with E-state index in [-0.39, 0.29) is 11.8 Å². The first kappa shape index (κ1) is 19.9. The van der Waals surface area contributed by atoms with Gasteiger partial charge in [-0.3, -0.25) is 9.78 Å². The number of ether oxygens (including phenoxy) is 2. The van der Waals surface area contributed by atoms with Gasteiger partial charge in [0.25, 0.3) is 0 Å². The third kappa shape index (κ3) is 4.27. The van der Waals surface area contributed by atoms with Gasteiger partial charge in [-0.15, -0.1) is 0 Å². The Morgan fingerprint density at radius 3 is 2.80 bits per heavy atom. The van der Waals surface area contributed by atoms with E-state index in [1.54, 1.807) is 32.8 Å². The van der Waals surface area contributed by atoms with Crippen LogP contribution in [0.2, 0.25) is 0 Å². The SMILES string of the molecule is COc1ccc(CNC(=O)[C@@H]2CCCN(c3cnc4nccnc4c3)C2)cc1OC. The summed E-state index contributed by atoms with van der Waals surface area (Å²) in [5.41, 5.74) is 3.32. The molecule has 1 amide bonds. The van der Waals surface area contributed by atoms with Gasteiger partial charge in [-0.25, -0.2) is 9.97 Å². The molecular formula is C22H25N5O3. The van der Waals surface area contributed by atoms with Gasteiger partial charge in [0, 0.05) is 32.0 Å². The first-order chi connectivity index (χ1) is 14.7. The average molecular weight is 407 g/mol. The minimum atomic E-state index is -0.0727. The second kappa shape index (κ2) is 8.94. The molecule has 3 aromatic rings. The standard InChI is InChI=1S/C22H25N5O3/c1-29-19-6-5-15(10-20(19)30-2)12-26-22(28)16-4-3-9-27(14-16)17-11-18-21(25-13-17)24-8-7-23-18/h5-8,10-11,13,16H,3-4,9,12,14H2,1-2H3,(H,26,28)/t16-/m1/s1. The third-order valence-electron chi connectivity index (χ3n) is 5.38. The van der Waals surface area contributed by atoms with Crippen LogP contribution in [0.15, 0.2) is 42.9 Å². The lowest BCUT2D eigenvalue weighted by Gasteiger charge is -2.33. The minimum Gasteiger partial charge on any atom is -0.493 e. The predicted molar refractivity (Wildman–Crippen MR) is 114 cm³/mol. The molecule has 0 spiro atoms. The van der Waals surface area contributed by atoms with Crippen LogP contribution in [0.3, 0.4) is 0 Å². The number of anilines is 1. The van der Waals surface area contributed by atoms with Crippen molar-refractivity contribution in [3.05, 3.63) is 48.4 Å². The molecule has 1 aromatic carbocycles. The number of piperidine rings is 1. The smallest absolute Gasteiger partial charge is 0.225 e. The largest absolute Gasteiger partial charge is 0.493 e. The molecule has 8 heteroatoms. The van der Waals surface area contributed by atoms with Crippen LogP contribution in [0.25, 0.3) is 11.2 Å². The Balaban J connectivity index is 1.39. The maximum atomic E-state index is 12.8. The van der Waals surface area contributed by atoms with Crippen molar-refractivity contribution < 1.29 is 14.3 Å². The number of carbonyl (C=O) groups is 1. The van der Waals surface area contributed by atoms with E-state index in [1.807, 2.05) is 24.3 Å². The van der Waals surface area contributed by atoms with Crippen molar-refractivity contribution in [2.45, 2.75) is 19.4 Å². The Hall–Kier alpha value is -3.42. The summed E-state index contributed by atoms with van der Waals surface area (Å²) in [4.78, 5) is 27.9. The van der Waals surface area contributed by atoms with E-state index in [1.165, 1.54) is 0 Å². The number of rotatable bonds is 6. The van der Waals surface area contributed by atoms with E-state index < -0.39 is 0 Å². The monoisotopic (exact) mass is 407 g/mol. The van der Waals surface area contributed by atoms with Gasteiger partial charge in [0.1, 0.15) is 5.52 Å². The van der Waals surface area contributed by atoms with Crippen LogP contribution in [0.4, 0.5) is 5.69 Å². The highest BCUT2D eigenvalue weighted by molar-refractivity contribution is 5.80. The number of fused-ring (bicyclic) bond motifs is 1. The molecule has 0 bridgehead atoms. The van der Waals surface area contributed by atoms with E-state index in [0.29, 0.717) is 30.2 Å². The summed E-state index contributed by atoms with van der Waals surface area (Å²) in [6, 6.07) is 7.64. The van der Waals surface area contributed by atoms with Crippen molar-refractivity contribution in [2.75, 3.05) is 32.2 Å². The number of nitrogens with zero attached hydrogens (tertiary/aromatic N) is 4. The Morgan fingerprint density at radius 2 is 1.97 bits per heavy atom. The summed E-state index contributed by atoms with van der Waals surface area (Å²) < 4.78 is 10.6. The highest BCUT2D eigenvalue weighted by Crippen LogP contribution is 2.28. The molecule has 1 aliphatic heterocycles. The first-order valence-corrected chi connectivity index (χ1v) is 9.98. The lowest BCUT2D eigenvalue weighted by Crippen LogP contribution is -2.43. The van der Waals surface area contributed by atoms with Crippen LogP contribution in [-0.4, -0.2) is 48.2 Å². The van der Waals surface area contributed by atoms with Gasteiger partial charge in [-0.2, -0.15) is 0 Å². The van der Waals surface area contributed by atoms with Crippen molar-refractivity contribution in [1.29, 1.82) is 0 Å². The highest BCUT2D eigenvalue weighted by Gasteiger charge is 2.26. The second-order valence-corrected chi connectivity index (χ2v) is 7.28. The van der Waals surface area contributed by atoms with Gasteiger partial charge in [0.05, 0.1) is 32.0 Å². The molecule has 1 saturated heterocycles. The lowest BCUT2D eigenvalue weighted by molar-refractivity contribution is -0.125. The van der Waals surface area contributed by atoms with E-state index in [4.69, 9.17) is 9.47 Å². The summed E-state index contributed by atoms with van der Waals surface area (Å²) in [7, 11) is 3.20. The molecule has 1 atom stereocenters. The molecule has 2 aromatic heterocycles. The van der Waals surface area contributed by atoms with Gasteiger partial charge in [0.15, 0.2) is 17.1 Å². The van der Waals surface area contributed by atoms with E-state index >= 15 is 0 Å². The van der Waals surface area contributed by atoms with Crippen molar-refractivity contribution in [2.24, 2.45) is 5.92 Å². The van der Waals surface area contributed by atoms with Gasteiger partial charge in [-0.1, -0.05) is 6.07 Å². The zero-order valence-corrected chi connectivity index (χ0v) is 17.2. The fourth-order valence-corrected chi connectivity index (χ4v) is 3.77. The van der Waals surface area contributed by atoms with Crippen molar-refractivity contribution in [3.8, 4) is 11.5 Å². The third-order valence-corrected chi connectivity index (χ3v) is 5.38. The van der Waals surface area contributed by atoms with Gasteiger partial charge < -0.3 is 19.7 Å². The maximum Gasteiger partial charge on any atom is 0.225 e. The zero-order valence-electron chi connectivity index (χ0n) is 17.2. The number of hydrogen-bond acceptors (Lipinski definition) is 7. The lowest BCUT2D eigenvalue weighted by atomic mass is 9.96. The Bertz CT molecular complexity index is 1040. The fraction of sp³-hybridized carbons (Fsp3) is 0.364. The molecule has 0 saturated carbocycles. The molecule has 0 radical (unpaired) electrons. The highest BCUT2D eigenvalue weighted by atomic mass is 16.5. The number of benzene rings is 1. The predicted octanol–water partition coefficient (Wildman–Crippen LogP) is 2.57. The quantitative estimate of drug-likeness (QED) is 0.672. The number of pyridine rings is 1. The molecular weight excluding hydrogens is 382 g/mol. The molecule has 1 aliphatic rings. The first-order valence-electron chi connectivity index (χ1n) is 9.98. The molecule has 3 heterocycles. The summed E-state index contributed by atoms with van der Waals surface area (Å²) in [5.74, 6) is 1.31. The average Bonchev–Trinajstić information content (AvgIpc) is 2.82. The maximum absolute atomic E-state index is 12.8. The number of nitrogens with one attached hydrogen (secondary N) is 1. The van der Waals surface area contributed by atoms with Crippen LogP contribution >= 0.6 is 0 Å². The molecule has 1 N–H and O–H groups in total. The van der Waals surface area contributed by atoms with Crippen LogP contribution in [0, 0.1) is 5.92 Å². The number of hydrogen-bond donors (Lipinski definition) is 1. The minimum absolute atomic E-state index is 0.0584. The van der Waals surface area contributed by atoms with Gasteiger partial charge >= 0.3 is 0 Å².